The topological polar surface area (TPSA) is 122 Å². The predicted octanol–water partition coefficient (Wildman–Crippen LogP) is 3.04. The number of hydrogen-bond acceptors (Lipinski definition) is 7. The van der Waals surface area contributed by atoms with Crippen LogP contribution < -0.4 is 14.8 Å². The van der Waals surface area contributed by atoms with E-state index in [1.54, 1.807) is 18.5 Å². The van der Waals surface area contributed by atoms with Crippen LogP contribution in [0.5, 0.6) is 11.5 Å². The molecule has 2 aliphatic heterocycles. The Morgan fingerprint density at radius 1 is 1.03 bits per heavy atom. The maximum atomic E-state index is 13.6. The van der Waals surface area contributed by atoms with Crippen molar-refractivity contribution in [1.29, 1.82) is 0 Å². The lowest BCUT2D eigenvalue weighted by Gasteiger charge is -2.35. The second kappa shape index (κ2) is 9.38. The number of aromatic amines is 1. The van der Waals surface area contributed by atoms with Gasteiger partial charge in [-0.05, 0) is 30.7 Å². The van der Waals surface area contributed by atoms with Crippen LogP contribution in [-0.2, 0) is 17.8 Å². The molecule has 2 atom stereocenters. The Labute approximate surface area is 212 Å². The lowest BCUT2D eigenvalue weighted by atomic mass is 9.99. The molecular formula is C27H24N6O4. The van der Waals surface area contributed by atoms with Gasteiger partial charge in [-0.15, -0.1) is 0 Å². The molecule has 2 aromatic carbocycles. The Kier molecular flexibility index (Phi) is 5.76. The van der Waals surface area contributed by atoms with Crippen LogP contribution in [0, 0.1) is 0 Å². The third-order valence-electron chi connectivity index (χ3n) is 6.64. The van der Waals surface area contributed by atoms with Crippen LogP contribution in [-0.4, -0.2) is 49.7 Å². The van der Waals surface area contributed by atoms with Crippen LogP contribution in [0.2, 0.25) is 0 Å². The third kappa shape index (κ3) is 4.37. The third-order valence-corrected chi connectivity index (χ3v) is 6.64. The summed E-state index contributed by atoms with van der Waals surface area (Å²) in [5, 5.41) is 10.2. The Morgan fingerprint density at radius 2 is 1.81 bits per heavy atom. The summed E-state index contributed by atoms with van der Waals surface area (Å²) in [4.78, 5) is 37.5. The average molecular weight is 497 g/mol. The number of aromatic nitrogens is 4. The molecule has 2 aliphatic rings. The number of rotatable bonds is 5. The second-order valence-electron chi connectivity index (χ2n) is 8.98. The molecule has 0 aliphatic carbocycles. The zero-order chi connectivity index (χ0) is 25.4. The molecule has 2 aromatic heterocycles. The summed E-state index contributed by atoms with van der Waals surface area (Å²) in [5.41, 5.74) is 4.09. The molecule has 186 valence electrons. The number of H-pyrrole nitrogens is 1. The molecule has 2 N–H and O–H groups in total. The summed E-state index contributed by atoms with van der Waals surface area (Å²) in [6.45, 7) is 2.23. The summed E-state index contributed by atoms with van der Waals surface area (Å²) in [5.74, 6) is 0.709. The number of fused-ring (bicyclic) bond motifs is 2. The first kappa shape index (κ1) is 22.7. The van der Waals surface area contributed by atoms with Gasteiger partial charge in [0, 0.05) is 24.4 Å². The minimum Gasteiger partial charge on any atom is -0.454 e. The van der Waals surface area contributed by atoms with E-state index in [2.05, 4.69) is 25.5 Å². The van der Waals surface area contributed by atoms with E-state index in [9.17, 15) is 9.59 Å². The minimum absolute atomic E-state index is 0.165. The molecule has 2 amide bonds. The molecule has 6 rings (SSSR count). The van der Waals surface area contributed by atoms with Gasteiger partial charge in [0.25, 0.3) is 5.91 Å². The molecule has 0 saturated heterocycles. The quantitative estimate of drug-likeness (QED) is 0.435. The first-order valence-electron chi connectivity index (χ1n) is 12.0. The number of carbonyl (C=O) groups excluding carboxylic acids is 2. The number of ether oxygens (including phenoxy) is 2. The highest BCUT2D eigenvalue weighted by molar-refractivity contribution is 5.97. The Morgan fingerprint density at radius 3 is 2.65 bits per heavy atom. The summed E-state index contributed by atoms with van der Waals surface area (Å²) in [6, 6.07) is 15.8. The van der Waals surface area contributed by atoms with Crippen molar-refractivity contribution in [2.75, 3.05) is 6.79 Å². The molecule has 0 fully saturated rings. The van der Waals surface area contributed by atoms with E-state index in [-0.39, 0.29) is 37.6 Å². The lowest BCUT2D eigenvalue weighted by Crippen LogP contribution is -2.53. The van der Waals surface area contributed by atoms with Crippen molar-refractivity contribution in [2.24, 2.45) is 0 Å². The number of carbonyl (C=O) groups is 2. The van der Waals surface area contributed by atoms with Crippen molar-refractivity contribution in [2.45, 2.75) is 32.0 Å². The molecule has 0 bridgehead atoms. The fraction of sp³-hybridized carbons (Fsp3) is 0.222. The molecule has 4 aromatic rings. The van der Waals surface area contributed by atoms with Crippen LogP contribution in [0.25, 0.3) is 11.3 Å². The maximum absolute atomic E-state index is 13.6. The van der Waals surface area contributed by atoms with Gasteiger partial charge < -0.3 is 19.7 Å². The van der Waals surface area contributed by atoms with Crippen molar-refractivity contribution >= 4 is 11.8 Å². The number of nitrogens with one attached hydrogen (secondary N) is 2. The molecule has 4 heterocycles. The van der Waals surface area contributed by atoms with E-state index in [0.29, 0.717) is 34.3 Å². The summed E-state index contributed by atoms with van der Waals surface area (Å²) in [6.07, 6.45) is 3.45. The van der Waals surface area contributed by atoms with Crippen LogP contribution in [0.1, 0.15) is 40.4 Å². The highest BCUT2D eigenvalue weighted by Gasteiger charge is 2.37. The second-order valence-corrected chi connectivity index (χ2v) is 8.98. The van der Waals surface area contributed by atoms with Gasteiger partial charge in [-0.1, -0.05) is 36.4 Å². The van der Waals surface area contributed by atoms with Crippen LogP contribution in [0.15, 0.2) is 67.0 Å². The van der Waals surface area contributed by atoms with Crippen LogP contribution in [0.4, 0.5) is 0 Å². The van der Waals surface area contributed by atoms with E-state index in [1.165, 1.54) is 4.90 Å². The first-order chi connectivity index (χ1) is 18.1. The van der Waals surface area contributed by atoms with Crippen molar-refractivity contribution < 1.29 is 19.1 Å². The Balaban J connectivity index is 1.26. The summed E-state index contributed by atoms with van der Waals surface area (Å²) in [7, 11) is 0. The van der Waals surface area contributed by atoms with Crippen molar-refractivity contribution in [3.05, 3.63) is 89.6 Å². The average Bonchev–Trinajstić information content (AvgIpc) is 3.62. The van der Waals surface area contributed by atoms with E-state index in [0.717, 1.165) is 11.1 Å². The normalized spacial score (nSPS) is 16.7. The summed E-state index contributed by atoms with van der Waals surface area (Å²) >= 11 is 0. The monoisotopic (exact) mass is 496 g/mol. The van der Waals surface area contributed by atoms with Crippen molar-refractivity contribution in [1.82, 2.24) is 30.4 Å². The maximum Gasteiger partial charge on any atom is 0.272 e. The standard InChI is InChI=1S/C27H24N6O4/c1-16(18-7-8-24-25(11-18)37-15-36-24)30-26(34)23-13-20-22(29-10-9-28-20)14-33(23)27(35)21-12-19(31-32-21)17-5-3-2-4-6-17/h2-12,16,23H,13-15H2,1H3,(H,30,34)(H,31,32)/t16-,23?/m1/s1. The van der Waals surface area contributed by atoms with Gasteiger partial charge in [-0.3, -0.25) is 24.7 Å². The van der Waals surface area contributed by atoms with Crippen LogP contribution >= 0.6 is 0 Å². The lowest BCUT2D eigenvalue weighted by molar-refractivity contribution is -0.126. The van der Waals surface area contributed by atoms with Gasteiger partial charge in [0.15, 0.2) is 11.5 Å². The van der Waals surface area contributed by atoms with E-state index >= 15 is 0 Å². The van der Waals surface area contributed by atoms with Gasteiger partial charge in [-0.25, -0.2) is 0 Å². The van der Waals surface area contributed by atoms with Crippen molar-refractivity contribution in [3.63, 3.8) is 0 Å². The highest BCUT2D eigenvalue weighted by Crippen LogP contribution is 2.34. The zero-order valence-electron chi connectivity index (χ0n) is 20.0. The van der Waals surface area contributed by atoms with Gasteiger partial charge >= 0.3 is 0 Å². The minimum atomic E-state index is -0.767. The molecular weight excluding hydrogens is 472 g/mol. The smallest absolute Gasteiger partial charge is 0.272 e. The van der Waals surface area contributed by atoms with E-state index in [1.807, 2.05) is 55.5 Å². The Hall–Kier alpha value is -4.73. The molecule has 0 spiro atoms. The van der Waals surface area contributed by atoms with Gasteiger partial charge in [-0.2, -0.15) is 5.10 Å². The van der Waals surface area contributed by atoms with Gasteiger partial charge in [0.2, 0.25) is 12.7 Å². The summed E-state index contributed by atoms with van der Waals surface area (Å²) < 4.78 is 10.8. The largest absolute Gasteiger partial charge is 0.454 e. The zero-order valence-corrected chi connectivity index (χ0v) is 20.0. The predicted molar refractivity (Wildman–Crippen MR) is 133 cm³/mol. The Bertz CT molecular complexity index is 1470. The fourth-order valence-electron chi connectivity index (χ4n) is 4.63. The van der Waals surface area contributed by atoms with E-state index < -0.39 is 6.04 Å². The number of amides is 2. The molecule has 0 saturated carbocycles. The fourth-order valence-corrected chi connectivity index (χ4v) is 4.63. The van der Waals surface area contributed by atoms with Crippen LogP contribution in [0.3, 0.4) is 0 Å². The molecule has 10 heteroatoms. The van der Waals surface area contributed by atoms with Gasteiger partial charge in [0.05, 0.1) is 29.7 Å². The number of nitrogens with zero attached hydrogens (tertiary/aromatic N) is 4. The highest BCUT2D eigenvalue weighted by atomic mass is 16.7. The number of hydrogen-bond donors (Lipinski definition) is 2. The molecule has 1 unspecified atom stereocenters. The SMILES string of the molecule is C[C@@H](NC(=O)C1Cc2nccnc2CN1C(=O)c1cc(-c2ccccc2)n[nH]1)c1ccc2c(c1)OCO2. The van der Waals surface area contributed by atoms with Crippen molar-refractivity contribution in [3.8, 4) is 22.8 Å². The number of benzene rings is 2. The first-order valence-corrected chi connectivity index (χ1v) is 12.0. The van der Waals surface area contributed by atoms with E-state index in [4.69, 9.17) is 9.47 Å². The molecule has 0 radical (unpaired) electrons. The molecule has 37 heavy (non-hydrogen) atoms. The molecule has 10 nitrogen and oxygen atoms in total. The van der Waals surface area contributed by atoms with Gasteiger partial charge in [0.1, 0.15) is 11.7 Å².